The summed E-state index contributed by atoms with van der Waals surface area (Å²) in [5.41, 5.74) is 1.90. The van der Waals surface area contributed by atoms with E-state index in [1.54, 1.807) is 0 Å². The van der Waals surface area contributed by atoms with Crippen molar-refractivity contribution >= 4 is 21.7 Å². The Morgan fingerprint density at radius 2 is 1.80 bits per heavy atom. The molecule has 1 aliphatic carbocycles. The molecule has 0 atom stereocenters. The second-order valence-corrected chi connectivity index (χ2v) is 4.12. The van der Waals surface area contributed by atoms with Crippen molar-refractivity contribution in [1.82, 2.24) is 0 Å². The molecule has 2 heteroatoms. The highest BCUT2D eigenvalue weighted by molar-refractivity contribution is 9.12. The van der Waals surface area contributed by atoms with E-state index in [2.05, 4.69) is 27.8 Å². The Balaban J connectivity index is 2.24. The minimum atomic E-state index is 0.160. The highest BCUT2D eigenvalue weighted by Gasteiger charge is 2.18. The first-order valence-electron chi connectivity index (χ1n) is 4.76. The van der Waals surface area contributed by atoms with Gasteiger partial charge in [-0.2, -0.15) is 0 Å². The zero-order valence-electron chi connectivity index (χ0n) is 8.09. The molecule has 0 bridgehead atoms. The summed E-state index contributed by atoms with van der Waals surface area (Å²) in [6.07, 6.45) is 1.35. The number of carbonyl (C=O) groups excluding carboxylic acids is 1. The van der Waals surface area contributed by atoms with Crippen LogP contribution in [0, 0.1) is 11.8 Å². The summed E-state index contributed by atoms with van der Waals surface area (Å²) in [5, 5.41) is 0. The number of benzene rings is 1. The average Bonchev–Trinajstić information content (AvgIpc) is 2.59. The molecule has 0 aromatic heterocycles. The van der Waals surface area contributed by atoms with Crippen LogP contribution >= 0.6 is 15.9 Å². The molecule has 0 amide bonds. The highest BCUT2D eigenvalue weighted by Crippen LogP contribution is 2.26. The van der Waals surface area contributed by atoms with E-state index >= 15 is 0 Å². The first-order chi connectivity index (χ1) is 7.27. The molecule has 0 N–H and O–H groups in total. The summed E-state index contributed by atoms with van der Waals surface area (Å²) in [6, 6.07) is 9.77. The first-order valence-corrected chi connectivity index (χ1v) is 5.55. The normalized spacial score (nSPS) is 15.1. The van der Waals surface area contributed by atoms with Crippen molar-refractivity contribution in [3.05, 3.63) is 46.0 Å². The van der Waals surface area contributed by atoms with Gasteiger partial charge in [-0.3, -0.25) is 4.79 Å². The number of carbonyl (C=O) groups is 1. The Morgan fingerprint density at radius 1 is 1.07 bits per heavy atom. The van der Waals surface area contributed by atoms with E-state index in [9.17, 15) is 4.79 Å². The summed E-state index contributed by atoms with van der Waals surface area (Å²) in [5.74, 6) is 6.25. The zero-order valence-corrected chi connectivity index (χ0v) is 9.67. The summed E-state index contributed by atoms with van der Waals surface area (Å²) >= 11 is 3.27. The van der Waals surface area contributed by atoms with Gasteiger partial charge in [0.2, 0.25) is 0 Å². The number of ketones is 1. The standard InChI is InChI=1S/C13H9BrO/c14-13-11(8-9-12(13)15)7-6-10-4-2-1-3-5-10/h1-5H,8-9H2. The van der Waals surface area contributed by atoms with E-state index in [0.717, 1.165) is 17.6 Å². The Hall–Kier alpha value is -1.33. The van der Waals surface area contributed by atoms with E-state index in [4.69, 9.17) is 0 Å². The van der Waals surface area contributed by atoms with E-state index in [-0.39, 0.29) is 5.78 Å². The van der Waals surface area contributed by atoms with Crippen LogP contribution in [0.1, 0.15) is 18.4 Å². The molecule has 0 heterocycles. The quantitative estimate of drug-likeness (QED) is 0.656. The molecule has 0 aliphatic heterocycles. The molecule has 1 aliphatic rings. The predicted octanol–water partition coefficient (Wildman–Crippen LogP) is 3.05. The second kappa shape index (κ2) is 4.46. The van der Waals surface area contributed by atoms with E-state index < -0.39 is 0 Å². The van der Waals surface area contributed by atoms with Gasteiger partial charge in [0.25, 0.3) is 0 Å². The predicted molar refractivity (Wildman–Crippen MR) is 63.5 cm³/mol. The SMILES string of the molecule is O=C1CCC(C#Cc2ccccc2)=C1Br. The molecule has 0 saturated heterocycles. The van der Waals surface area contributed by atoms with Gasteiger partial charge in [0, 0.05) is 17.6 Å². The minimum absolute atomic E-state index is 0.160. The molecule has 0 spiro atoms. The van der Waals surface area contributed by atoms with Gasteiger partial charge in [-0.05, 0) is 34.5 Å². The van der Waals surface area contributed by atoms with Crippen LogP contribution in [0.4, 0.5) is 0 Å². The summed E-state index contributed by atoms with van der Waals surface area (Å²) in [6.45, 7) is 0. The number of hydrogen-bond donors (Lipinski definition) is 0. The van der Waals surface area contributed by atoms with Crippen LogP contribution < -0.4 is 0 Å². The summed E-state index contributed by atoms with van der Waals surface area (Å²) in [7, 11) is 0. The third-order valence-corrected chi connectivity index (χ3v) is 3.16. The number of halogens is 1. The van der Waals surface area contributed by atoms with Gasteiger partial charge >= 0.3 is 0 Å². The maximum atomic E-state index is 11.2. The fourth-order valence-corrected chi connectivity index (χ4v) is 1.91. The van der Waals surface area contributed by atoms with Crippen molar-refractivity contribution in [3.8, 4) is 11.8 Å². The third-order valence-electron chi connectivity index (χ3n) is 2.24. The van der Waals surface area contributed by atoms with Gasteiger partial charge in [-0.1, -0.05) is 30.0 Å². The average molecular weight is 261 g/mol. The van der Waals surface area contributed by atoms with Crippen molar-refractivity contribution in [3.63, 3.8) is 0 Å². The number of allylic oxidation sites excluding steroid dienone is 2. The lowest BCUT2D eigenvalue weighted by atomic mass is 10.2. The molecular formula is C13H9BrO. The topological polar surface area (TPSA) is 17.1 Å². The molecule has 0 saturated carbocycles. The van der Waals surface area contributed by atoms with Gasteiger partial charge in [0.1, 0.15) is 0 Å². The second-order valence-electron chi connectivity index (χ2n) is 3.33. The molecule has 15 heavy (non-hydrogen) atoms. The van der Waals surface area contributed by atoms with Gasteiger partial charge in [-0.15, -0.1) is 0 Å². The zero-order chi connectivity index (χ0) is 10.7. The van der Waals surface area contributed by atoms with Crippen LogP contribution in [-0.2, 0) is 4.79 Å². The van der Waals surface area contributed by atoms with Gasteiger partial charge in [0.15, 0.2) is 5.78 Å². The van der Waals surface area contributed by atoms with Crippen LogP contribution in [0.15, 0.2) is 40.4 Å². The number of hydrogen-bond acceptors (Lipinski definition) is 1. The molecule has 74 valence electrons. The van der Waals surface area contributed by atoms with Crippen molar-refractivity contribution < 1.29 is 4.79 Å². The molecule has 0 unspecified atom stereocenters. The summed E-state index contributed by atoms with van der Waals surface area (Å²) < 4.78 is 0.658. The maximum absolute atomic E-state index is 11.2. The fourth-order valence-electron chi connectivity index (χ4n) is 1.41. The fraction of sp³-hybridized carbons (Fsp3) is 0.154. The smallest absolute Gasteiger partial charge is 0.171 e. The molecule has 1 nitrogen and oxygen atoms in total. The minimum Gasteiger partial charge on any atom is -0.294 e. The number of Topliss-reactive ketones (excluding diaryl/α,β-unsaturated/α-hetero) is 1. The number of rotatable bonds is 0. The van der Waals surface area contributed by atoms with E-state index in [1.807, 2.05) is 30.3 Å². The lowest BCUT2D eigenvalue weighted by Crippen LogP contribution is -1.86. The van der Waals surface area contributed by atoms with Crippen molar-refractivity contribution in [1.29, 1.82) is 0 Å². The van der Waals surface area contributed by atoms with Crippen LogP contribution in [0.2, 0.25) is 0 Å². The molecule has 0 fully saturated rings. The van der Waals surface area contributed by atoms with Crippen molar-refractivity contribution in [2.75, 3.05) is 0 Å². The van der Waals surface area contributed by atoms with E-state index in [1.165, 1.54) is 0 Å². The largest absolute Gasteiger partial charge is 0.294 e. The van der Waals surface area contributed by atoms with Crippen LogP contribution in [0.5, 0.6) is 0 Å². The first kappa shape index (κ1) is 10.2. The third kappa shape index (κ3) is 2.37. The van der Waals surface area contributed by atoms with Crippen molar-refractivity contribution in [2.24, 2.45) is 0 Å². The lowest BCUT2D eigenvalue weighted by molar-refractivity contribution is -0.114. The molecule has 2 rings (SSSR count). The lowest BCUT2D eigenvalue weighted by Gasteiger charge is -1.89. The van der Waals surface area contributed by atoms with Gasteiger partial charge < -0.3 is 0 Å². The van der Waals surface area contributed by atoms with Gasteiger partial charge in [0.05, 0.1) is 4.48 Å². The van der Waals surface area contributed by atoms with Crippen LogP contribution in [-0.4, -0.2) is 5.78 Å². The molecule has 0 radical (unpaired) electrons. The van der Waals surface area contributed by atoms with E-state index in [0.29, 0.717) is 10.9 Å². The Bertz CT molecular complexity index is 474. The van der Waals surface area contributed by atoms with Crippen LogP contribution in [0.3, 0.4) is 0 Å². The van der Waals surface area contributed by atoms with Gasteiger partial charge in [-0.25, -0.2) is 0 Å². The maximum Gasteiger partial charge on any atom is 0.171 e. The Kier molecular flexibility index (Phi) is 3.03. The molecule has 1 aromatic rings. The van der Waals surface area contributed by atoms with Crippen LogP contribution in [0.25, 0.3) is 0 Å². The monoisotopic (exact) mass is 260 g/mol. The molecule has 1 aromatic carbocycles. The summed E-state index contributed by atoms with van der Waals surface area (Å²) in [4.78, 5) is 11.2. The van der Waals surface area contributed by atoms with Crippen molar-refractivity contribution in [2.45, 2.75) is 12.8 Å². The molecular weight excluding hydrogens is 252 g/mol. The Morgan fingerprint density at radius 3 is 2.40 bits per heavy atom. The Labute approximate surface area is 97.3 Å². The highest BCUT2D eigenvalue weighted by atomic mass is 79.9.